The molecule has 2 amide bonds. The predicted molar refractivity (Wildman–Crippen MR) is 180 cm³/mol. The van der Waals surface area contributed by atoms with Crippen LogP contribution in [0.2, 0.25) is 0 Å². The lowest BCUT2D eigenvalue weighted by Gasteiger charge is -2.34. The molecule has 0 aliphatic carbocycles. The molecule has 3 aromatic carbocycles. The number of piperazine rings is 1. The molecule has 0 unspecified atom stereocenters. The summed E-state index contributed by atoms with van der Waals surface area (Å²) < 4.78 is 57.7. The summed E-state index contributed by atoms with van der Waals surface area (Å²) >= 11 is 0. The first-order valence-electron chi connectivity index (χ1n) is 16.2. The molecule has 7 rings (SSSR count). The van der Waals surface area contributed by atoms with Gasteiger partial charge < -0.3 is 28.6 Å². The van der Waals surface area contributed by atoms with Crippen molar-refractivity contribution in [2.75, 3.05) is 44.4 Å². The fraction of sp³-hybridized carbons (Fsp3) is 0.270. The van der Waals surface area contributed by atoms with E-state index in [1.54, 1.807) is 25.1 Å². The van der Waals surface area contributed by atoms with Crippen molar-refractivity contribution in [3.63, 3.8) is 0 Å². The number of rotatable bonds is 8. The van der Waals surface area contributed by atoms with Gasteiger partial charge in [-0.2, -0.15) is 13.2 Å². The van der Waals surface area contributed by atoms with Gasteiger partial charge in [0.15, 0.2) is 11.5 Å². The van der Waals surface area contributed by atoms with Crippen LogP contribution in [0.5, 0.6) is 23.1 Å². The molecule has 10 nitrogen and oxygen atoms in total. The highest BCUT2D eigenvalue weighted by atomic mass is 19.4. The van der Waals surface area contributed by atoms with Crippen molar-refractivity contribution < 1.29 is 37.0 Å². The quantitative estimate of drug-likeness (QED) is 0.179. The Labute approximate surface area is 286 Å². The Bertz CT molecular complexity index is 2040. The van der Waals surface area contributed by atoms with E-state index in [0.29, 0.717) is 30.2 Å². The van der Waals surface area contributed by atoms with E-state index in [9.17, 15) is 22.8 Å². The molecule has 2 aliphatic rings. The summed E-state index contributed by atoms with van der Waals surface area (Å²) in [6.07, 6.45) is -3.00. The minimum atomic E-state index is -4.48. The predicted octanol–water partition coefficient (Wildman–Crippen LogP) is 6.74. The average molecular weight is 686 g/mol. The monoisotopic (exact) mass is 685 g/mol. The van der Waals surface area contributed by atoms with E-state index in [2.05, 4.69) is 9.88 Å². The van der Waals surface area contributed by atoms with Crippen LogP contribution in [0, 0.1) is 0 Å². The fourth-order valence-corrected chi connectivity index (χ4v) is 6.28. The van der Waals surface area contributed by atoms with Crippen LogP contribution in [-0.4, -0.2) is 70.7 Å². The third kappa shape index (κ3) is 6.68. The maximum Gasteiger partial charge on any atom is 0.416 e. The van der Waals surface area contributed by atoms with E-state index < -0.39 is 17.6 Å². The van der Waals surface area contributed by atoms with Crippen LogP contribution < -0.4 is 19.1 Å². The topological polar surface area (TPSA) is 89.4 Å². The highest BCUT2D eigenvalue weighted by molar-refractivity contribution is 6.06. The fourth-order valence-electron chi connectivity index (χ4n) is 6.28. The van der Waals surface area contributed by atoms with Crippen molar-refractivity contribution in [2.45, 2.75) is 19.6 Å². The zero-order valence-corrected chi connectivity index (χ0v) is 27.4. The van der Waals surface area contributed by atoms with E-state index in [0.717, 1.165) is 59.7 Å². The molecule has 4 heterocycles. The van der Waals surface area contributed by atoms with Crippen LogP contribution in [0.15, 0.2) is 85.1 Å². The van der Waals surface area contributed by atoms with Crippen LogP contribution in [0.4, 0.5) is 18.9 Å². The number of carbonyl (C=O) groups is 2. The molecular formula is C37H34F3N5O5. The Morgan fingerprint density at radius 3 is 2.36 bits per heavy atom. The number of anilines is 1. The normalized spacial score (nSPS) is 14.6. The van der Waals surface area contributed by atoms with Crippen molar-refractivity contribution in [1.82, 2.24) is 19.4 Å². The molecule has 0 spiro atoms. The van der Waals surface area contributed by atoms with Gasteiger partial charge in [-0.1, -0.05) is 6.07 Å². The van der Waals surface area contributed by atoms with Gasteiger partial charge in [0, 0.05) is 68.8 Å². The third-order valence-corrected chi connectivity index (χ3v) is 9.01. The van der Waals surface area contributed by atoms with E-state index in [1.165, 1.54) is 23.2 Å². The van der Waals surface area contributed by atoms with Crippen LogP contribution in [0.25, 0.3) is 10.9 Å². The highest BCUT2D eigenvalue weighted by Gasteiger charge is 2.31. The number of benzene rings is 3. The highest BCUT2D eigenvalue weighted by Crippen LogP contribution is 2.34. The lowest BCUT2D eigenvalue weighted by molar-refractivity contribution is -0.137. The van der Waals surface area contributed by atoms with Crippen molar-refractivity contribution >= 4 is 28.4 Å². The maximum absolute atomic E-state index is 13.6. The average Bonchev–Trinajstić information content (AvgIpc) is 3.72. The Hall–Kier alpha value is -5.56. The molecule has 1 fully saturated rings. The Morgan fingerprint density at radius 2 is 1.66 bits per heavy atom. The van der Waals surface area contributed by atoms with Gasteiger partial charge in [-0.3, -0.25) is 14.5 Å². The molecule has 0 radical (unpaired) electrons. The van der Waals surface area contributed by atoms with E-state index >= 15 is 0 Å². The molecule has 2 aromatic heterocycles. The standard InChI is InChI=1S/C37H34F3N5O5/c1-3-45(35(46)25-5-7-27(8-6-25)37(38,39)40)28-9-13-34(41-21-28)50-29-10-11-30-26(19-29)20-31(42(30)2)36(47)44-16-14-43(15-17-44)22-24-4-12-32-33(18-24)49-23-48-32/h4-13,18-21H,3,14-17,22-23H2,1-2H3. The first kappa shape index (κ1) is 33.0. The van der Waals surface area contributed by atoms with Gasteiger partial charge in [-0.25, -0.2) is 4.98 Å². The molecule has 50 heavy (non-hydrogen) atoms. The Morgan fingerprint density at radius 1 is 0.900 bits per heavy atom. The number of aromatic nitrogens is 2. The lowest BCUT2D eigenvalue weighted by Crippen LogP contribution is -2.48. The van der Waals surface area contributed by atoms with Gasteiger partial charge in [0.25, 0.3) is 11.8 Å². The minimum absolute atomic E-state index is 0.0301. The molecule has 13 heteroatoms. The second kappa shape index (κ2) is 13.4. The van der Waals surface area contributed by atoms with Crippen molar-refractivity contribution in [2.24, 2.45) is 7.05 Å². The summed E-state index contributed by atoms with van der Waals surface area (Å²) in [7, 11) is 1.87. The van der Waals surface area contributed by atoms with Crippen molar-refractivity contribution in [3.8, 4) is 23.1 Å². The van der Waals surface area contributed by atoms with Gasteiger partial charge in [0.05, 0.1) is 17.4 Å². The number of carbonyl (C=O) groups excluding carboxylic acids is 2. The first-order chi connectivity index (χ1) is 24.1. The van der Waals surface area contributed by atoms with Crippen LogP contribution in [0.1, 0.15) is 38.9 Å². The van der Waals surface area contributed by atoms with Crippen molar-refractivity contribution in [3.05, 3.63) is 107 Å². The maximum atomic E-state index is 13.6. The second-order valence-electron chi connectivity index (χ2n) is 12.1. The number of nitrogens with zero attached hydrogens (tertiary/aromatic N) is 5. The lowest BCUT2D eigenvalue weighted by atomic mass is 10.1. The SMILES string of the molecule is CCN(C(=O)c1ccc(C(F)(F)F)cc1)c1ccc(Oc2ccc3c(c2)cc(C(=O)N2CCN(Cc4ccc5c(c4)OCO5)CC2)n3C)nc1. The molecule has 258 valence electrons. The summed E-state index contributed by atoms with van der Waals surface area (Å²) in [6, 6.07) is 20.8. The molecular weight excluding hydrogens is 651 g/mol. The summed E-state index contributed by atoms with van der Waals surface area (Å²) in [4.78, 5) is 36.7. The number of hydrogen-bond acceptors (Lipinski definition) is 7. The Balaban J connectivity index is 0.978. The second-order valence-corrected chi connectivity index (χ2v) is 12.1. The number of amides is 2. The summed E-state index contributed by atoms with van der Waals surface area (Å²) in [5.74, 6) is 1.87. The zero-order valence-electron chi connectivity index (χ0n) is 27.4. The number of ether oxygens (including phenoxy) is 3. The number of hydrogen-bond donors (Lipinski definition) is 0. The molecule has 0 N–H and O–H groups in total. The molecule has 2 aliphatic heterocycles. The van der Waals surface area contributed by atoms with Crippen LogP contribution >= 0.6 is 0 Å². The number of halogens is 3. The Kier molecular flexibility index (Phi) is 8.83. The molecule has 5 aromatic rings. The van der Waals surface area contributed by atoms with Gasteiger partial charge in [0.1, 0.15) is 11.4 Å². The minimum Gasteiger partial charge on any atom is -0.454 e. The number of alkyl halides is 3. The molecule has 0 bridgehead atoms. The number of pyridine rings is 1. The number of fused-ring (bicyclic) bond motifs is 2. The van der Waals surface area contributed by atoms with Gasteiger partial charge in [0.2, 0.25) is 12.7 Å². The first-order valence-corrected chi connectivity index (χ1v) is 16.2. The summed E-state index contributed by atoms with van der Waals surface area (Å²) in [5.41, 5.74) is 2.39. The summed E-state index contributed by atoms with van der Waals surface area (Å²) in [6.45, 7) is 5.81. The van der Waals surface area contributed by atoms with Crippen LogP contribution in [-0.2, 0) is 19.8 Å². The third-order valence-electron chi connectivity index (χ3n) is 9.01. The van der Waals surface area contributed by atoms with E-state index in [1.807, 2.05) is 52.9 Å². The van der Waals surface area contributed by atoms with E-state index in [-0.39, 0.29) is 30.7 Å². The molecule has 1 saturated heterocycles. The largest absolute Gasteiger partial charge is 0.454 e. The molecule has 0 saturated carbocycles. The van der Waals surface area contributed by atoms with Crippen molar-refractivity contribution in [1.29, 1.82) is 0 Å². The van der Waals surface area contributed by atoms with Gasteiger partial charge in [-0.05, 0) is 79.2 Å². The van der Waals surface area contributed by atoms with Gasteiger partial charge >= 0.3 is 6.18 Å². The smallest absolute Gasteiger partial charge is 0.416 e. The van der Waals surface area contributed by atoms with Gasteiger partial charge in [-0.15, -0.1) is 0 Å². The van der Waals surface area contributed by atoms with Crippen LogP contribution in [0.3, 0.4) is 0 Å². The summed E-state index contributed by atoms with van der Waals surface area (Å²) in [5, 5.41) is 0.839. The molecule has 0 atom stereocenters. The number of aryl methyl sites for hydroxylation is 1. The van der Waals surface area contributed by atoms with E-state index in [4.69, 9.17) is 14.2 Å². The zero-order chi connectivity index (χ0) is 35.0.